The lowest BCUT2D eigenvalue weighted by atomic mass is 10.1. The molecular formula is C19H17N3O2. The summed E-state index contributed by atoms with van der Waals surface area (Å²) in [6.45, 7) is 2.86. The molecule has 0 fully saturated rings. The van der Waals surface area contributed by atoms with E-state index in [4.69, 9.17) is 5.26 Å². The molecule has 5 nitrogen and oxygen atoms in total. The Morgan fingerprint density at radius 1 is 1.29 bits per heavy atom. The van der Waals surface area contributed by atoms with Crippen molar-refractivity contribution in [3.63, 3.8) is 0 Å². The highest BCUT2D eigenvalue weighted by Crippen LogP contribution is 2.28. The Hall–Kier alpha value is -3.13. The van der Waals surface area contributed by atoms with Crippen LogP contribution in [0.3, 0.4) is 0 Å². The molecule has 0 aliphatic carbocycles. The molecule has 0 aliphatic rings. The van der Waals surface area contributed by atoms with Crippen molar-refractivity contribution in [2.24, 2.45) is 0 Å². The van der Waals surface area contributed by atoms with Crippen LogP contribution in [0.15, 0.2) is 42.5 Å². The molecule has 1 heterocycles. The van der Waals surface area contributed by atoms with Gasteiger partial charge in [-0.15, -0.1) is 0 Å². The first-order chi connectivity index (χ1) is 11.7. The van der Waals surface area contributed by atoms with E-state index in [1.165, 1.54) is 0 Å². The summed E-state index contributed by atoms with van der Waals surface area (Å²) in [5, 5.41) is 18.6. The van der Waals surface area contributed by atoms with Crippen molar-refractivity contribution in [3.05, 3.63) is 53.6 Å². The summed E-state index contributed by atoms with van der Waals surface area (Å²) in [6.07, 6.45) is 1.99. The molecule has 0 saturated carbocycles. The first-order valence-corrected chi connectivity index (χ1v) is 7.88. The maximum Gasteiger partial charge on any atom is 0.336 e. The van der Waals surface area contributed by atoms with Gasteiger partial charge in [-0.05, 0) is 30.7 Å². The van der Waals surface area contributed by atoms with Gasteiger partial charge in [0.05, 0.1) is 28.2 Å². The SMILES string of the molecule is CCCCn1c(-c2ccccc2C(=O)O)nc2cc(C#N)ccc21. The van der Waals surface area contributed by atoms with Crippen molar-refractivity contribution in [2.45, 2.75) is 26.3 Å². The Morgan fingerprint density at radius 3 is 2.79 bits per heavy atom. The molecule has 0 unspecified atom stereocenters. The number of nitrogens with zero attached hydrogens (tertiary/aromatic N) is 3. The van der Waals surface area contributed by atoms with Crippen LogP contribution in [0.25, 0.3) is 22.4 Å². The Bertz CT molecular complexity index is 951. The molecule has 0 amide bonds. The quantitative estimate of drug-likeness (QED) is 0.768. The van der Waals surface area contributed by atoms with E-state index in [1.807, 2.05) is 16.7 Å². The van der Waals surface area contributed by atoms with Crippen LogP contribution in [0, 0.1) is 11.3 Å². The zero-order valence-corrected chi connectivity index (χ0v) is 13.4. The number of nitriles is 1. The van der Waals surface area contributed by atoms with Gasteiger partial charge in [0.1, 0.15) is 5.82 Å². The van der Waals surface area contributed by atoms with E-state index in [9.17, 15) is 9.90 Å². The topological polar surface area (TPSA) is 78.9 Å². The van der Waals surface area contributed by atoms with E-state index in [0.29, 0.717) is 22.5 Å². The zero-order chi connectivity index (χ0) is 17.1. The molecular weight excluding hydrogens is 302 g/mol. The van der Waals surface area contributed by atoms with Gasteiger partial charge in [0, 0.05) is 12.1 Å². The summed E-state index contributed by atoms with van der Waals surface area (Å²) >= 11 is 0. The van der Waals surface area contributed by atoms with Crippen molar-refractivity contribution >= 4 is 17.0 Å². The molecule has 24 heavy (non-hydrogen) atoms. The third-order valence-corrected chi connectivity index (χ3v) is 4.01. The Labute approximate surface area is 139 Å². The van der Waals surface area contributed by atoms with Crippen LogP contribution < -0.4 is 0 Å². The number of benzene rings is 2. The van der Waals surface area contributed by atoms with E-state index in [2.05, 4.69) is 18.0 Å². The number of carboxylic acids is 1. The highest BCUT2D eigenvalue weighted by Gasteiger charge is 2.18. The van der Waals surface area contributed by atoms with Gasteiger partial charge < -0.3 is 9.67 Å². The molecule has 3 aromatic rings. The van der Waals surface area contributed by atoms with Gasteiger partial charge in [-0.2, -0.15) is 5.26 Å². The number of unbranched alkanes of at least 4 members (excludes halogenated alkanes) is 1. The van der Waals surface area contributed by atoms with Crippen molar-refractivity contribution in [1.82, 2.24) is 9.55 Å². The Morgan fingerprint density at radius 2 is 2.08 bits per heavy atom. The highest BCUT2D eigenvalue weighted by atomic mass is 16.4. The number of imidazole rings is 1. The van der Waals surface area contributed by atoms with Crippen LogP contribution in [0.4, 0.5) is 0 Å². The number of fused-ring (bicyclic) bond motifs is 1. The van der Waals surface area contributed by atoms with Crippen LogP contribution in [0.5, 0.6) is 0 Å². The fraction of sp³-hybridized carbons (Fsp3) is 0.211. The molecule has 1 N–H and O–H groups in total. The fourth-order valence-electron chi connectivity index (χ4n) is 2.81. The van der Waals surface area contributed by atoms with E-state index in [1.54, 1.807) is 30.3 Å². The van der Waals surface area contributed by atoms with Gasteiger partial charge in [-0.1, -0.05) is 31.5 Å². The second-order valence-corrected chi connectivity index (χ2v) is 5.61. The molecule has 0 atom stereocenters. The van der Waals surface area contributed by atoms with Gasteiger partial charge in [-0.3, -0.25) is 0 Å². The maximum absolute atomic E-state index is 11.6. The third kappa shape index (κ3) is 2.74. The third-order valence-electron chi connectivity index (χ3n) is 4.01. The summed E-state index contributed by atoms with van der Waals surface area (Å²) < 4.78 is 2.04. The van der Waals surface area contributed by atoms with Crippen LogP contribution in [-0.2, 0) is 6.54 Å². The maximum atomic E-state index is 11.6. The van der Waals surface area contributed by atoms with Gasteiger partial charge in [0.25, 0.3) is 0 Å². The predicted octanol–water partition coefficient (Wildman–Crippen LogP) is 4.07. The molecule has 1 aromatic heterocycles. The minimum atomic E-state index is -0.975. The monoisotopic (exact) mass is 319 g/mol. The smallest absolute Gasteiger partial charge is 0.336 e. The normalized spacial score (nSPS) is 10.7. The molecule has 0 saturated heterocycles. The second kappa shape index (κ2) is 6.55. The fourth-order valence-corrected chi connectivity index (χ4v) is 2.81. The Balaban J connectivity index is 2.27. The van der Waals surface area contributed by atoms with Crippen LogP contribution in [-0.4, -0.2) is 20.6 Å². The summed E-state index contributed by atoms with van der Waals surface area (Å²) in [6, 6.07) is 14.4. The average Bonchev–Trinajstić information content (AvgIpc) is 2.97. The van der Waals surface area contributed by atoms with E-state index in [-0.39, 0.29) is 5.56 Å². The number of aromatic nitrogens is 2. The summed E-state index contributed by atoms with van der Waals surface area (Å²) in [4.78, 5) is 16.2. The van der Waals surface area contributed by atoms with Crippen LogP contribution in [0.2, 0.25) is 0 Å². The summed E-state index contributed by atoms with van der Waals surface area (Å²) in [5.41, 5.74) is 2.99. The molecule has 0 spiro atoms. The van der Waals surface area contributed by atoms with E-state index < -0.39 is 5.97 Å². The van der Waals surface area contributed by atoms with Crippen molar-refractivity contribution in [3.8, 4) is 17.5 Å². The molecule has 5 heteroatoms. The minimum Gasteiger partial charge on any atom is -0.478 e. The van der Waals surface area contributed by atoms with Gasteiger partial charge in [0.15, 0.2) is 0 Å². The summed E-state index contributed by atoms with van der Waals surface area (Å²) in [5.74, 6) is -0.344. The lowest BCUT2D eigenvalue weighted by molar-refractivity contribution is 0.0697. The van der Waals surface area contributed by atoms with E-state index >= 15 is 0 Å². The standard InChI is InChI=1S/C19H17N3O2/c1-2-3-10-22-17-9-8-13(12-20)11-16(17)21-18(22)14-6-4-5-7-15(14)19(23)24/h4-9,11H,2-3,10H2,1H3,(H,23,24). The number of aryl methyl sites for hydroxylation is 1. The lowest BCUT2D eigenvalue weighted by Crippen LogP contribution is -2.05. The molecule has 0 bridgehead atoms. The van der Waals surface area contributed by atoms with E-state index in [0.717, 1.165) is 24.9 Å². The molecule has 0 aliphatic heterocycles. The van der Waals surface area contributed by atoms with Crippen molar-refractivity contribution < 1.29 is 9.90 Å². The number of hydrogen-bond acceptors (Lipinski definition) is 3. The van der Waals surface area contributed by atoms with Gasteiger partial charge in [0.2, 0.25) is 0 Å². The number of carbonyl (C=O) groups is 1. The zero-order valence-electron chi connectivity index (χ0n) is 13.4. The largest absolute Gasteiger partial charge is 0.478 e. The first-order valence-electron chi connectivity index (χ1n) is 7.88. The highest BCUT2D eigenvalue weighted by molar-refractivity contribution is 5.96. The minimum absolute atomic E-state index is 0.228. The number of carboxylic acid groups (broad SMARTS) is 1. The van der Waals surface area contributed by atoms with Crippen LogP contribution in [0.1, 0.15) is 35.7 Å². The second-order valence-electron chi connectivity index (χ2n) is 5.61. The van der Waals surface area contributed by atoms with Gasteiger partial charge >= 0.3 is 5.97 Å². The van der Waals surface area contributed by atoms with Crippen LogP contribution >= 0.6 is 0 Å². The summed E-state index contributed by atoms with van der Waals surface area (Å²) in [7, 11) is 0. The van der Waals surface area contributed by atoms with Crippen molar-refractivity contribution in [1.29, 1.82) is 5.26 Å². The molecule has 0 radical (unpaired) electrons. The number of rotatable bonds is 5. The average molecular weight is 319 g/mol. The first kappa shape index (κ1) is 15.8. The predicted molar refractivity (Wildman–Crippen MR) is 91.8 cm³/mol. The number of aromatic carboxylic acids is 1. The van der Waals surface area contributed by atoms with Crippen molar-refractivity contribution in [2.75, 3.05) is 0 Å². The molecule has 120 valence electrons. The number of hydrogen-bond donors (Lipinski definition) is 1. The molecule has 2 aromatic carbocycles. The molecule has 3 rings (SSSR count). The lowest BCUT2D eigenvalue weighted by Gasteiger charge is -2.10. The Kier molecular flexibility index (Phi) is 4.30. The van der Waals surface area contributed by atoms with Gasteiger partial charge in [-0.25, -0.2) is 9.78 Å².